The second kappa shape index (κ2) is 7.27. The first-order valence-corrected chi connectivity index (χ1v) is 12.0. The fourth-order valence-corrected chi connectivity index (χ4v) is 5.44. The van der Waals surface area contributed by atoms with Crippen LogP contribution in [0.1, 0.15) is 5.56 Å². The first-order chi connectivity index (χ1) is 18.2. The van der Waals surface area contributed by atoms with E-state index in [0.717, 1.165) is 60.6 Å². The van der Waals surface area contributed by atoms with Gasteiger partial charge in [0.1, 0.15) is 17.0 Å². The SMILES string of the molecule is Cc1ccc(-c2nc3ccccc3n2-c2cccc3c2oc2ccccc23)c2oc3nc(F)ccc3c12. The molecule has 0 fully saturated rings. The first kappa shape index (κ1) is 20.2. The van der Waals surface area contributed by atoms with Crippen LogP contribution in [0.25, 0.3) is 72.1 Å². The third-order valence-corrected chi connectivity index (χ3v) is 7.09. The van der Waals surface area contributed by atoms with Gasteiger partial charge in [-0.1, -0.05) is 48.5 Å². The zero-order valence-electron chi connectivity index (χ0n) is 19.7. The molecule has 0 saturated carbocycles. The molecule has 37 heavy (non-hydrogen) atoms. The molecular formula is C31H18FN3O2. The molecule has 0 bridgehead atoms. The fourth-order valence-electron chi connectivity index (χ4n) is 5.44. The van der Waals surface area contributed by atoms with Gasteiger partial charge in [-0.25, -0.2) is 4.98 Å². The van der Waals surface area contributed by atoms with Crippen molar-refractivity contribution in [3.05, 3.63) is 103 Å². The number of aryl methyl sites for hydroxylation is 1. The van der Waals surface area contributed by atoms with Crippen molar-refractivity contribution in [3.8, 4) is 17.1 Å². The Morgan fingerprint density at radius 1 is 0.703 bits per heavy atom. The van der Waals surface area contributed by atoms with E-state index in [-0.39, 0.29) is 5.71 Å². The predicted octanol–water partition coefficient (Wildman–Crippen LogP) is 8.33. The minimum atomic E-state index is -0.574. The van der Waals surface area contributed by atoms with Crippen LogP contribution in [-0.4, -0.2) is 14.5 Å². The van der Waals surface area contributed by atoms with Crippen LogP contribution in [0.2, 0.25) is 0 Å². The molecule has 5 nitrogen and oxygen atoms in total. The number of benzene rings is 4. The number of rotatable bonds is 2. The van der Waals surface area contributed by atoms with Gasteiger partial charge in [0.15, 0.2) is 5.58 Å². The molecule has 176 valence electrons. The number of fused-ring (bicyclic) bond motifs is 7. The second-order valence-corrected chi connectivity index (χ2v) is 9.23. The Balaban J connectivity index is 1.51. The van der Waals surface area contributed by atoms with Crippen molar-refractivity contribution in [2.24, 2.45) is 0 Å². The summed E-state index contributed by atoms with van der Waals surface area (Å²) in [5, 5.41) is 3.78. The maximum Gasteiger partial charge on any atom is 0.229 e. The molecular weight excluding hydrogens is 465 g/mol. The molecule has 0 atom stereocenters. The van der Waals surface area contributed by atoms with Crippen LogP contribution in [0.15, 0.2) is 99.8 Å². The Labute approximate surface area is 209 Å². The fraction of sp³-hybridized carbons (Fsp3) is 0.0323. The van der Waals surface area contributed by atoms with Crippen LogP contribution in [0.3, 0.4) is 0 Å². The molecule has 0 N–H and O–H groups in total. The van der Waals surface area contributed by atoms with Crippen molar-refractivity contribution < 1.29 is 13.2 Å². The molecule has 6 heteroatoms. The zero-order valence-corrected chi connectivity index (χ0v) is 19.7. The van der Waals surface area contributed by atoms with Crippen LogP contribution < -0.4 is 0 Å². The minimum Gasteiger partial charge on any atom is -0.454 e. The molecule has 4 heterocycles. The van der Waals surface area contributed by atoms with Crippen molar-refractivity contribution >= 4 is 55.0 Å². The van der Waals surface area contributed by atoms with Gasteiger partial charge in [-0.05, 0) is 55.0 Å². The summed E-state index contributed by atoms with van der Waals surface area (Å²) in [7, 11) is 0. The summed E-state index contributed by atoms with van der Waals surface area (Å²) in [4.78, 5) is 9.06. The number of halogens is 1. The average molecular weight is 484 g/mol. The number of hydrogen-bond acceptors (Lipinski definition) is 4. The van der Waals surface area contributed by atoms with E-state index in [9.17, 15) is 4.39 Å². The van der Waals surface area contributed by atoms with Crippen LogP contribution in [0.4, 0.5) is 4.39 Å². The molecule has 0 radical (unpaired) electrons. The van der Waals surface area contributed by atoms with E-state index in [0.29, 0.717) is 11.4 Å². The standard InChI is InChI=1S/C31H18FN3O2/c1-17-13-14-21(29-27(17)20-15-16-26(32)34-31(20)37-29)30-33-22-9-3-4-10-23(22)35(30)24-11-6-8-19-18-7-2-5-12-25(18)36-28(19)24/h2-16H,1H3. The highest BCUT2D eigenvalue weighted by Gasteiger charge is 2.23. The van der Waals surface area contributed by atoms with Crippen LogP contribution in [0.5, 0.6) is 0 Å². The average Bonchev–Trinajstić information content (AvgIpc) is 3.60. The predicted molar refractivity (Wildman–Crippen MR) is 144 cm³/mol. The van der Waals surface area contributed by atoms with Gasteiger partial charge in [0.25, 0.3) is 0 Å². The number of furan rings is 2. The van der Waals surface area contributed by atoms with E-state index in [2.05, 4.69) is 21.7 Å². The van der Waals surface area contributed by atoms with Gasteiger partial charge in [-0.2, -0.15) is 9.37 Å². The molecule has 4 aromatic carbocycles. The Bertz CT molecular complexity index is 2180. The van der Waals surface area contributed by atoms with Crippen LogP contribution >= 0.6 is 0 Å². The molecule has 0 saturated heterocycles. The van der Waals surface area contributed by atoms with E-state index in [4.69, 9.17) is 13.8 Å². The molecule has 0 aliphatic carbocycles. The maximum absolute atomic E-state index is 14.0. The molecule has 0 aliphatic heterocycles. The highest BCUT2D eigenvalue weighted by Crippen LogP contribution is 2.41. The molecule has 0 unspecified atom stereocenters. The van der Waals surface area contributed by atoms with E-state index in [1.165, 1.54) is 6.07 Å². The van der Waals surface area contributed by atoms with Crippen molar-refractivity contribution in [2.75, 3.05) is 0 Å². The molecule has 0 spiro atoms. The number of imidazole rings is 1. The summed E-state index contributed by atoms with van der Waals surface area (Å²) in [6.07, 6.45) is 0. The van der Waals surface area contributed by atoms with Gasteiger partial charge in [0, 0.05) is 21.5 Å². The molecule has 4 aromatic heterocycles. The third-order valence-electron chi connectivity index (χ3n) is 7.09. The van der Waals surface area contributed by atoms with Crippen molar-refractivity contribution in [2.45, 2.75) is 6.92 Å². The lowest BCUT2D eigenvalue weighted by Crippen LogP contribution is -1.98. The van der Waals surface area contributed by atoms with Gasteiger partial charge < -0.3 is 8.83 Å². The Kier molecular flexibility index (Phi) is 3.98. The summed E-state index contributed by atoms with van der Waals surface area (Å²) in [5.74, 6) is 0.133. The van der Waals surface area contributed by atoms with E-state index in [1.807, 2.05) is 73.7 Å². The third kappa shape index (κ3) is 2.78. The smallest absolute Gasteiger partial charge is 0.229 e. The Morgan fingerprint density at radius 2 is 1.54 bits per heavy atom. The van der Waals surface area contributed by atoms with Gasteiger partial charge in [0.2, 0.25) is 11.7 Å². The maximum atomic E-state index is 14.0. The quantitative estimate of drug-likeness (QED) is 0.232. The summed E-state index contributed by atoms with van der Waals surface area (Å²) in [5.41, 5.74) is 7.00. The lowest BCUT2D eigenvalue weighted by Gasteiger charge is -2.11. The minimum absolute atomic E-state index is 0.271. The highest BCUT2D eigenvalue weighted by atomic mass is 19.1. The first-order valence-electron chi connectivity index (χ1n) is 12.0. The number of aromatic nitrogens is 3. The van der Waals surface area contributed by atoms with E-state index >= 15 is 0 Å². The molecule has 0 aliphatic rings. The van der Waals surface area contributed by atoms with Gasteiger partial charge in [-0.3, -0.25) is 4.57 Å². The summed E-state index contributed by atoms with van der Waals surface area (Å²) in [6.45, 7) is 2.02. The van der Waals surface area contributed by atoms with Gasteiger partial charge in [-0.15, -0.1) is 0 Å². The van der Waals surface area contributed by atoms with E-state index < -0.39 is 5.95 Å². The number of pyridine rings is 1. The second-order valence-electron chi connectivity index (χ2n) is 9.23. The molecule has 0 amide bonds. The monoisotopic (exact) mass is 483 g/mol. The zero-order chi connectivity index (χ0) is 24.7. The largest absolute Gasteiger partial charge is 0.454 e. The summed E-state index contributed by atoms with van der Waals surface area (Å²) >= 11 is 0. The summed E-state index contributed by atoms with van der Waals surface area (Å²) in [6, 6.07) is 29.4. The Morgan fingerprint density at radius 3 is 2.49 bits per heavy atom. The highest BCUT2D eigenvalue weighted by molar-refractivity contribution is 6.11. The Hall–Kier alpha value is -4.97. The lowest BCUT2D eigenvalue weighted by molar-refractivity contribution is 0.569. The van der Waals surface area contributed by atoms with Crippen molar-refractivity contribution in [3.63, 3.8) is 0 Å². The summed E-state index contributed by atoms with van der Waals surface area (Å²) < 4.78 is 28.7. The number of hydrogen-bond donors (Lipinski definition) is 0. The topological polar surface area (TPSA) is 57.0 Å². The normalized spacial score (nSPS) is 12.1. The number of nitrogens with zero attached hydrogens (tertiary/aromatic N) is 3. The number of para-hydroxylation sites is 4. The van der Waals surface area contributed by atoms with Crippen LogP contribution in [-0.2, 0) is 0 Å². The molecule has 8 rings (SSSR count). The van der Waals surface area contributed by atoms with Crippen molar-refractivity contribution in [1.82, 2.24) is 14.5 Å². The van der Waals surface area contributed by atoms with Crippen molar-refractivity contribution in [1.29, 1.82) is 0 Å². The van der Waals surface area contributed by atoms with Gasteiger partial charge >= 0.3 is 0 Å². The lowest BCUT2D eigenvalue weighted by atomic mass is 10.0. The van der Waals surface area contributed by atoms with E-state index in [1.54, 1.807) is 6.07 Å². The van der Waals surface area contributed by atoms with Crippen LogP contribution in [0, 0.1) is 12.9 Å². The van der Waals surface area contributed by atoms with Gasteiger partial charge in [0.05, 0.1) is 22.3 Å². The molecule has 8 aromatic rings.